The number of hydrogen-bond acceptors (Lipinski definition) is 2. The van der Waals surface area contributed by atoms with Crippen LogP contribution in [0.4, 0.5) is 0 Å². The Morgan fingerprint density at radius 1 is 1.04 bits per heavy atom. The Hall–Kier alpha value is -3.08. The first-order valence-electron chi connectivity index (χ1n) is 8.84. The molecule has 0 spiro atoms. The number of amides is 2. The van der Waals surface area contributed by atoms with Gasteiger partial charge in [-0.15, -0.1) is 0 Å². The lowest BCUT2D eigenvalue weighted by Crippen LogP contribution is -2.33. The summed E-state index contributed by atoms with van der Waals surface area (Å²) in [6, 6.07) is 20.1. The van der Waals surface area contributed by atoms with Gasteiger partial charge in [0.1, 0.15) is 5.69 Å². The molecule has 1 fully saturated rings. The van der Waals surface area contributed by atoms with Crippen LogP contribution in [0.15, 0.2) is 60.7 Å². The molecule has 3 aromatic rings. The highest BCUT2D eigenvalue weighted by atomic mass is 16.2. The summed E-state index contributed by atoms with van der Waals surface area (Å²) in [5.41, 5.74) is 8.23. The maximum atomic E-state index is 13.1. The summed E-state index contributed by atoms with van der Waals surface area (Å²) in [5, 5.41) is 1.04. The average Bonchev–Trinajstić information content (AvgIpc) is 3.28. The van der Waals surface area contributed by atoms with Gasteiger partial charge in [-0.2, -0.15) is 0 Å². The first-order valence-corrected chi connectivity index (χ1v) is 8.84. The van der Waals surface area contributed by atoms with Gasteiger partial charge in [0, 0.05) is 30.5 Å². The van der Waals surface area contributed by atoms with Crippen LogP contribution in [0.1, 0.15) is 22.5 Å². The Bertz CT molecular complexity index is 962. The van der Waals surface area contributed by atoms with Crippen molar-refractivity contribution in [2.24, 2.45) is 11.7 Å². The van der Waals surface area contributed by atoms with Gasteiger partial charge in [-0.25, -0.2) is 0 Å². The third kappa shape index (κ3) is 2.96. The molecule has 1 aliphatic heterocycles. The number of primary amides is 1. The summed E-state index contributed by atoms with van der Waals surface area (Å²) < 4.78 is 2.06. The molecule has 1 atom stereocenters. The molecule has 1 aliphatic rings. The molecule has 2 heterocycles. The lowest BCUT2D eigenvalue weighted by atomic mass is 10.1. The Kier molecular flexibility index (Phi) is 4.21. The second kappa shape index (κ2) is 6.67. The highest BCUT2D eigenvalue weighted by Crippen LogP contribution is 2.25. The van der Waals surface area contributed by atoms with Crippen molar-refractivity contribution in [1.29, 1.82) is 0 Å². The summed E-state index contributed by atoms with van der Waals surface area (Å²) in [6.45, 7) is 1.60. The van der Waals surface area contributed by atoms with E-state index in [4.69, 9.17) is 5.73 Å². The van der Waals surface area contributed by atoms with Crippen molar-refractivity contribution in [3.63, 3.8) is 0 Å². The minimum Gasteiger partial charge on any atom is -0.369 e. The predicted octanol–water partition coefficient (Wildman–Crippen LogP) is 2.64. The molecular weight excluding hydrogens is 326 g/mol. The minimum absolute atomic E-state index is 0.0409. The number of rotatable bonds is 4. The fraction of sp³-hybridized carbons (Fsp3) is 0.238. The van der Waals surface area contributed by atoms with Crippen molar-refractivity contribution in [3.05, 3.63) is 71.9 Å². The Labute approximate surface area is 152 Å². The van der Waals surface area contributed by atoms with E-state index in [0.717, 1.165) is 16.5 Å². The fourth-order valence-electron chi connectivity index (χ4n) is 3.66. The zero-order valence-electron chi connectivity index (χ0n) is 14.5. The van der Waals surface area contributed by atoms with E-state index in [1.807, 2.05) is 48.5 Å². The number of carbonyl (C=O) groups excluding carboxylic acids is 2. The summed E-state index contributed by atoms with van der Waals surface area (Å²) in [5.74, 6) is -0.614. The van der Waals surface area contributed by atoms with E-state index >= 15 is 0 Å². The van der Waals surface area contributed by atoms with Crippen molar-refractivity contribution in [1.82, 2.24) is 9.47 Å². The van der Waals surface area contributed by atoms with E-state index in [9.17, 15) is 9.59 Å². The molecule has 0 aliphatic carbocycles. The Balaban J connectivity index is 1.71. The molecule has 0 bridgehead atoms. The van der Waals surface area contributed by atoms with E-state index in [1.54, 1.807) is 4.90 Å². The normalized spacial score (nSPS) is 16.9. The molecule has 5 heteroatoms. The van der Waals surface area contributed by atoms with E-state index < -0.39 is 0 Å². The molecular formula is C21H21N3O2. The molecule has 2 aromatic carbocycles. The van der Waals surface area contributed by atoms with Crippen LogP contribution in [0, 0.1) is 5.92 Å². The van der Waals surface area contributed by atoms with Crippen molar-refractivity contribution in [2.45, 2.75) is 13.0 Å². The molecule has 1 aromatic heterocycles. The maximum Gasteiger partial charge on any atom is 0.270 e. The van der Waals surface area contributed by atoms with E-state index in [2.05, 4.69) is 16.7 Å². The topological polar surface area (TPSA) is 68.3 Å². The highest BCUT2D eigenvalue weighted by molar-refractivity contribution is 5.99. The van der Waals surface area contributed by atoms with Crippen molar-refractivity contribution >= 4 is 22.7 Å². The number of fused-ring (bicyclic) bond motifs is 1. The lowest BCUT2D eigenvalue weighted by Gasteiger charge is -2.18. The number of aromatic nitrogens is 1. The third-order valence-electron chi connectivity index (χ3n) is 5.09. The van der Waals surface area contributed by atoms with E-state index in [1.165, 1.54) is 0 Å². The molecule has 2 amide bonds. The number of nitrogens with two attached hydrogens (primary N) is 1. The van der Waals surface area contributed by atoms with Crippen LogP contribution in [0.3, 0.4) is 0 Å². The van der Waals surface area contributed by atoms with Gasteiger partial charge in [0.05, 0.1) is 5.92 Å². The van der Waals surface area contributed by atoms with Gasteiger partial charge in [-0.1, -0.05) is 48.5 Å². The van der Waals surface area contributed by atoms with Crippen LogP contribution < -0.4 is 5.73 Å². The standard InChI is InChI=1S/C21H21N3O2/c22-20(25)17-10-11-23(14-17)21(26)19-12-16-8-4-5-9-18(16)24(19)13-15-6-2-1-3-7-15/h1-9,12,17H,10-11,13-14H2,(H2,22,25)/t17-/m1/s1. The van der Waals surface area contributed by atoms with Gasteiger partial charge in [0.15, 0.2) is 0 Å². The molecule has 2 N–H and O–H groups in total. The Morgan fingerprint density at radius 3 is 2.50 bits per heavy atom. The van der Waals surface area contributed by atoms with Crippen LogP contribution in [-0.2, 0) is 11.3 Å². The fourth-order valence-corrected chi connectivity index (χ4v) is 3.66. The van der Waals surface area contributed by atoms with E-state index in [0.29, 0.717) is 31.7 Å². The van der Waals surface area contributed by atoms with Crippen LogP contribution in [-0.4, -0.2) is 34.4 Å². The molecule has 1 saturated heterocycles. The monoisotopic (exact) mass is 347 g/mol. The lowest BCUT2D eigenvalue weighted by molar-refractivity contribution is -0.121. The van der Waals surface area contributed by atoms with Crippen LogP contribution in [0.25, 0.3) is 10.9 Å². The summed E-state index contributed by atoms with van der Waals surface area (Å²) >= 11 is 0. The maximum absolute atomic E-state index is 13.1. The molecule has 5 nitrogen and oxygen atoms in total. The number of nitrogens with zero attached hydrogens (tertiary/aromatic N) is 2. The molecule has 26 heavy (non-hydrogen) atoms. The number of hydrogen-bond donors (Lipinski definition) is 1. The summed E-state index contributed by atoms with van der Waals surface area (Å²) in [6.07, 6.45) is 0.639. The quantitative estimate of drug-likeness (QED) is 0.788. The second-order valence-electron chi connectivity index (χ2n) is 6.80. The van der Waals surface area contributed by atoms with Crippen molar-refractivity contribution in [2.75, 3.05) is 13.1 Å². The minimum atomic E-state index is -0.329. The molecule has 0 saturated carbocycles. The third-order valence-corrected chi connectivity index (χ3v) is 5.09. The molecule has 132 valence electrons. The first kappa shape index (κ1) is 16.4. The Morgan fingerprint density at radius 2 is 1.77 bits per heavy atom. The van der Waals surface area contributed by atoms with Crippen LogP contribution in [0.2, 0.25) is 0 Å². The highest BCUT2D eigenvalue weighted by Gasteiger charge is 2.31. The van der Waals surface area contributed by atoms with Gasteiger partial charge in [0.2, 0.25) is 5.91 Å². The van der Waals surface area contributed by atoms with Gasteiger partial charge in [-0.3, -0.25) is 9.59 Å². The largest absolute Gasteiger partial charge is 0.369 e. The molecule has 0 unspecified atom stereocenters. The van der Waals surface area contributed by atoms with Crippen molar-refractivity contribution < 1.29 is 9.59 Å². The predicted molar refractivity (Wildman–Crippen MR) is 101 cm³/mol. The number of carbonyl (C=O) groups is 2. The first-order chi connectivity index (χ1) is 12.6. The summed E-state index contributed by atoms with van der Waals surface area (Å²) in [7, 11) is 0. The average molecular weight is 347 g/mol. The zero-order valence-corrected chi connectivity index (χ0v) is 14.5. The smallest absolute Gasteiger partial charge is 0.270 e. The van der Waals surface area contributed by atoms with Gasteiger partial charge >= 0.3 is 0 Å². The van der Waals surface area contributed by atoms with Crippen LogP contribution in [0.5, 0.6) is 0 Å². The molecule has 4 rings (SSSR count). The number of benzene rings is 2. The van der Waals surface area contributed by atoms with Gasteiger partial charge in [0.25, 0.3) is 5.91 Å². The van der Waals surface area contributed by atoms with Gasteiger partial charge in [-0.05, 0) is 24.1 Å². The second-order valence-corrected chi connectivity index (χ2v) is 6.80. The van der Waals surface area contributed by atoms with Gasteiger partial charge < -0.3 is 15.2 Å². The number of likely N-dealkylation sites (tertiary alicyclic amines) is 1. The van der Waals surface area contributed by atoms with E-state index in [-0.39, 0.29) is 17.7 Å². The summed E-state index contributed by atoms with van der Waals surface area (Å²) in [4.78, 5) is 26.3. The van der Waals surface area contributed by atoms with Crippen molar-refractivity contribution in [3.8, 4) is 0 Å². The van der Waals surface area contributed by atoms with Crippen LogP contribution >= 0.6 is 0 Å². The zero-order chi connectivity index (χ0) is 18.1. The SMILES string of the molecule is NC(=O)[C@@H]1CCN(C(=O)c2cc3ccccc3n2Cc2ccccc2)C1. The molecule has 0 radical (unpaired) electrons. The number of para-hydroxylation sites is 1.